The molecule has 1 unspecified atom stereocenters. The Bertz CT molecular complexity index is 718. The van der Waals surface area contributed by atoms with Gasteiger partial charge in [0.1, 0.15) is 6.04 Å². The molecule has 9 heteroatoms. The van der Waals surface area contributed by atoms with E-state index in [4.69, 9.17) is 0 Å². The average molecular weight is 414 g/mol. The number of imide groups is 1. The van der Waals surface area contributed by atoms with Gasteiger partial charge in [0.15, 0.2) is 0 Å². The molecular formula is C15H16BrN3O4S. The van der Waals surface area contributed by atoms with Crippen molar-refractivity contribution < 1.29 is 19.2 Å². The Morgan fingerprint density at radius 2 is 2.21 bits per heavy atom. The molecule has 1 fully saturated rings. The molecule has 0 spiro atoms. The van der Waals surface area contributed by atoms with Crippen molar-refractivity contribution in [2.45, 2.75) is 38.4 Å². The lowest BCUT2D eigenvalue weighted by Crippen LogP contribution is -2.47. The molecular weight excluding hydrogens is 398 g/mol. The van der Waals surface area contributed by atoms with Crippen molar-refractivity contribution in [3.63, 3.8) is 0 Å². The van der Waals surface area contributed by atoms with Crippen molar-refractivity contribution in [2.75, 3.05) is 5.33 Å². The Labute approximate surface area is 150 Å². The fourth-order valence-electron chi connectivity index (χ4n) is 2.97. The molecule has 1 atom stereocenters. The monoisotopic (exact) mass is 413 g/mol. The second-order valence-electron chi connectivity index (χ2n) is 5.71. The van der Waals surface area contributed by atoms with Crippen LogP contribution in [0.4, 0.5) is 0 Å². The number of carbonyl (C=O) groups excluding carboxylic acids is 4. The molecule has 1 aromatic heterocycles. The van der Waals surface area contributed by atoms with Gasteiger partial charge >= 0.3 is 0 Å². The number of nitrogens with one attached hydrogen (secondary N) is 2. The van der Waals surface area contributed by atoms with Gasteiger partial charge in [0.05, 0.1) is 17.4 Å². The van der Waals surface area contributed by atoms with Gasteiger partial charge in [0, 0.05) is 23.2 Å². The predicted octanol–water partition coefficient (Wildman–Crippen LogP) is 0.910. The normalized spacial score (nSPS) is 20.6. The third-order valence-electron chi connectivity index (χ3n) is 4.19. The summed E-state index contributed by atoms with van der Waals surface area (Å²) in [6.07, 6.45) is 1.36. The van der Waals surface area contributed by atoms with Crippen LogP contribution in [0.25, 0.3) is 0 Å². The van der Waals surface area contributed by atoms with Gasteiger partial charge in [-0.05, 0) is 18.4 Å². The minimum Gasteiger partial charge on any atom is -0.350 e. The standard InChI is InChI=1S/C15H16BrN3O4S/c16-4-13(21)17-5-11-8-6-19(15(23)9(8)7-24-11)10-2-1-3-12(20)18-14(10)22/h7,10H,1-6H2,(H,17,21)(H,18,20,22). The summed E-state index contributed by atoms with van der Waals surface area (Å²) in [6.45, 7) is 0.699. The fraction of sp³-hybridized carbons (Fsp3) is 0.467. The number of halogens is 1. The quantitative estimate of drug-likeness (QED) is 0.566. The lowest BCUT2D eigenvalue weighted by atomic mass is 10.1. The number of amides is 4. The van der Waals surface area contributed by atoms with Crippen LogP contribution >= 0.6 is 27.3 Å². The smallest absolute Gasteiger partial charge is 0.256 e. The first-order valence-corrected chi connectivity index (χ1v) is 9.58. The van der Waals surface area contributed by atoms with Gasteiger partial charge < -0.3 is 10.2 Å². The summed E-state index contributed by atoms with van der Waals surface area (Å²) in [5.74, 6) is -1.01. The number of rotatable bonds is 4. The van der Waals surface area contributed by atoms with E-state index in [0.717, 1.165) is 10.4 Å². The molecule has 7 nitrogen and oxygen atoms in total. The van der Waals surface area contributed by atoms with E-state index in [9.17, 15) is 19.2 Å². The molecule has 128 valence electrons. The molecule has 2 N–H and O–H groups in total. The lowest BCUT2D eigenvalue weighted by Gasteiger charge is -2.25. The number of hydrogen-bond donors (Lipinski definition) is 2. The van der Waals surface area contributed by atoms with Crippen LogP contribution in [0.3, 0.4) is 0 Å². The first kappa shape index (κ1) is 17.1. The second kappa shape index (κ2) is 7.02. The van der Waals surface area contributed by atoms with Gasteiger partial charge in [-0.25, -0.2) is 0 Å². The summed E-state index contributed by atoms with van der Waals surface area (Å²) in [7, 11) is 0. The zero-order chi connectivity index (χ0) is 17.3. The fourth-order valence-corrected chi connectivity index (χ4v) is 4.14. The highest BCUT2D eigenvalue weighted by Gasteiger charge is 2.39. The van der Waals surface area contributed by atoms with Gasteiger partial charge in [-0.2, -0.15) is 0 Å². The molecule has 2 aliphatic heterocycles. The highest BCUT2D eigenvalue weighted by Crippen LogP contribution is 2.33. The van der Waals surface area contributed by atoms with E-state index in [2.05, 4.69) is 26.6 Å². The Morgan fingerprint density at radius 3 is 2.96 bits per heavy atom. The highest BCUT2D eigenvalue weighted by molar-refractivity contribution is 9.09. The summed E-state index contributed by atoms with van der Waals surface area (Å²) in [5, 5.41) is 7.10. The second-order valence-corrected chi connectivity index (χ2v) is 7.24. The van der Waals surface area contributed by atoms with Gasteiger partial charge in [-0.1, -0.05) is 15.9 Å². The van der Waals surface area contributed by atoms with Crippen molar-refractivity contribution in [2.24, 2.45) is 0 Å². The third kappa shape index (κ3) is 3.23. The van der Waals surface area contributed by atoms with Crippen molar-refractivity contribution in [3.05, 3.63) is 21.4 Å². The predicted molar refractivity (Wildman–Crippen MR) is 90.6 cm³/mol. The van der Waals surface area contributed by atoms with E-state index in [1.165, 1.54) is 16.2 Å². The van der Waals surface area contributed by atoms with Crippen LogP contribution < -0.4 is 10.6 Å². The van der Waals surface area contributed by atoms with E-state index in [0.29, 0.717) is 37.9 Å². The Balaban J connectivity index is 1.76. The number of carbonyl (C=O) groups is 4. The van der Waals surface area contributed by atoms with E-state index < -0.39 is 11.9 Å². The highest BCUT2D eigenvalue weighted by atomic mass is 79.9. The molecule has 0 aliphatic carbocycles. The van der Waals surface area contributed by atoms with Gasteiger partial charge in [-0.3, -0.25) is 24.5 Å². The van der Waals surface area contributed by atoms with Crippen molar-refractivity contribution in [3.8, 4) is 0 Å². The SMILES string of the molecule is O=C(CBr)NCc1scc2c1CN(C1CCCC(=O)NC1=O)C2=O. The van der Waals surface area contributed by atoms with Gasteiger partial charge in [-0.15, -0.1) is 11.3 Å². The minimum absolute atomic E-state index is 0.125. The summed E-state index contributed by atoms with van der Waals surface area (Å²) in [6, 6.07) is -0.619. The minimum atomic E-state index is -0.619. The van der Waals surface area contributed by atoms with E-state index in [1.807, 2.05) is 0 Å². The van der Waals surface area contributed by atoms with Crippen LogP contribution in [0.2, 0.25) is 0 Å². The maximum atomic E-state index is 12.6. The Hall–Kier alpha value is -1.74. The molecule has 4 amide bonds. The molecule has 0 bridgehead atoms. The molecule has 1 aromatic rings. The number of thiophene rings is 1. The molecule has 3 heterocycles. The summed E-state index contributed by atoms with van der Waals surface area (Å²) in [5.41, 5.74) is 1.45. The van der Waals surface area contributed by atoms with Crippen LogP contribution in [0.5, 0.6) is 0 Å². The van der Waals surface area contributed by atoms with Crippen LogP contribution in [0.1, 0.15) is 40.1 Å². The van der Waals surface area contributed by atoms with E-state index in [-0.39, 0.29) is 23.1 Å². The van der Waals surface area contributed by atoms with Gasteiger partial charge in [0.25, 0.3) is 5.91 Å². The zero-order valence-electron chi connectivity index (χ0n) is 12.8. The first-order chi connectivity index (χ1) is 11.5. The maximum Gasteiger partial charge on any atom is 0.256 e. The van der Waals surface area contributed by atoms with E-state index >= 15 is 0 Å². The average Bonchev–Trinajstić information content (AvgIpc) is 3.04. The van der Waals surface area contributed by atoms with Crippen LogP contribution in [0, 0.1) is 0 Å². The molecule has 2 aliphatic rings. The molecule has 0 saturated carbocycles. The van der Waals surface area contributed by atoms with Crippen LogP contribution in [0.15, 0.2) is 5.38 Å². The van der Waals surface area contributed by atoms with Crippen molar-refractivity contribution in [1.82, 2.24) is 15.5 Å². The van der Waals surface area contributed by atoms with E-state index in [1.54, 1.807) is 5.38 Å². The number of fused-ring (bicyclic) bond motifs is 1. The lowest BCUT2D eigenvalue weighted by molar-refractivity contribution is -0.132. The summed E-state index contributed by atoms with van der Waals surface area (Å²) >= 11 is 4.52. The van der Waals surface area contributed by atoms with Crippen LogP contribution in [-0.4, -0.2) is 39.9 Å². The zero-order valence-corrected chi connectivity index (χ0v) is 15.2. The Kier molecular flexibility index (Phi) is 5.00. The molecule has 0 radical (unpaired) electrons. The number of hydrogen-bond acceptors (Lipinski definition) is 5. The topological polar surface area (TPSA) is 95.6 Å². The summed E-state index contributed by atoms with van der Waals surface area (Å²) in [4.78, 5) is 50.1. The first-order valence-electron chi connectivity index (χ1n) is 7.57. The maximum absolute atomic E-state index is 12.6. The Morgan fingerprint density at radius 1 is 1.42 bits per heavy atom. The third-order valence-corrected chi connectivity index (χ3v) is 5.73. The van der Waals surface area contributed by atoms with Crippen LogP contribution in [-0.2, 0) is 27.5 Å². The molecule has 1 saturated heterocycles. The summed E-state index contributed by atoms with van der Waals surface area (Å²) < 4.78 is 0. The van der Waals surface area contributed by atoms with Crippen molar-refractivity contribution in [1.29, 1.82) is 0 Å². The largest absolute Gasteiger partial charge is 0.350 e. The molecule has 0 aromatic carbocycles. The van der Waals surface area contributed by atoms with Crippen molar-refractivity contribution >= 4 is 50.9 Å². The number of nitrogens with zero attached hydrogens (tertiary/aromatic N) is 1. The molecule has 24 heavy (non-hydrogen) atoms. The molecule has 3 rings (SSSR count). The number of alkyl halides is 1. The van der Waals surface area contributed by atoms with Gasteiger partial charge in [0.2, 0.25) is 17.7 Å².